The van der Waals surface area contributed by atoms with E-state index in [1.165, 1.54) is 6.07 Å². The summed E-state index contributed by atoms with van der Waals surface area (Å²) in [6.07, 6.45) is 2.01. The molecule has 1 aliphatic rings. The van der Waals surface area contributed by atoms with Gasteiger partial charge in [-0.15, -0.1) is 0 Å². The molecule has 1 unspecified atom stereocenters. The van der Waals surface area contributed by atoms with Crippen molar-refractivity contribution in [3.05, 3.63) is 59.7 Å². The van der Waals surface area contributed by atoms with E-state index in [2.05, 4.69) is 10.2 Å². The maximum absolute atomic E-state index is 13.4. The Hall–Kier alpha value is -2.18. The molecular formula is C20H24F2N2O2. The molecule has 1 saturated heterocycles. The Labute approximate surface area is 152 Å². The Kier molecular flexibility index (Phi) is 6.41. The van der Waals surface area contributed by atoms with E-state index in [4.69, 9.17) is 9.84 Å². The van der Waals surface area contributed by atoms with Crippen LogP contribution in [0.1, 0.15) is 18.4 Å². The van der Waals surface area contributed by atoms with Gasteiger partial charge in [-0.1, -0.05) is 18.2 Å². The molecule has 0 saturated carbocycles. The third-order valence-corrected chi connectivity index (χ3v) is 4.51. The van der Waals surface area contributed by atoms with E-state index in [-0.39, 0.29) is 19.3 Å². The van der Waals surface area contributed by atoms with Gasteiger partial charge >= 0.3 is 0 Å². The van der Waals surface area contributed by atoms with E-state index < -0.39 is 11.6 Å². The molecule has 0 radical (unpaired) electrons. The zero-order valence-electron chi connectivity index (χ0n) is 14.6. The summed E-state index contributed by atoms with van der Waals surface area (Å²) in [6.45, 7) is 2.80. The third-order valence-electron chi connectivity index (χ3n) is 4.51. The molecule has 0 spiro atoms. The summed E-state index contributed by atoms with van der Waals surface area (Å²) in [7, 11) is 0. The Morgan fingerprint density at radius 2 is 2.00 bits per heavy atom. The molecule has 1 atom stereocenters. The molecule has 2 N–H and O–H groups in total. The number of aliphatic hydroxyl groups is 1. The van der Waals surface area contributed by atoms with Gasteiger partial charge in [0.15, 0.2) is 11.6 Å². The van der Waals surface area contributed by atoms with Crippen LogP contribution in [0.3, 0.4) is 0 Å². The van der Waals surface area contributed by atoms with Crippen LogP contribution >= 0.6 is 0 Å². The number of para-hydroxylation sites is 1. The zero-order valence-corrected chi connectivity index (χ0v) is 14.6. The topological polar surface area (TPSA) is 44.7 Å². The van der Waals surface area contributed by atoms with Crippen molar-refractivity contribution in [2.45, 2.75) is 25.4 Å². The van der Waals surface area contributed by atoms with Gasteiger partial charge in [-0.3, -0.25) is 4.90 Å². The number of ether oxygens (including phenoxy) is 1. The van der Waals surface area contributed by atoms with E-state index in [1.807, 2.05) is 24.3 Å². The fourth-order valence-corrected chi connectivity index (χ4v) is 3.31. The smallest absolute Gasteiger partial charge is 0.160 e. The van der Waals surface area contributed by atoms with Crippen molar-refractivity contribution in [2.24, 2.45) is 0 Å². The number of rotatable bonds is 7. The van der Waals surface area contributed by atoms with Crippen molar-refractivity contribution in [3.8, 4) is 5.75 Å². The van der Waals surface area contributed by atoms with Crippen LogP contribution in [0, 0.1) is 11.6 Å². The lowest BCUT2D eigenvalue weighted by atomic mass is 10.0. The van der Waals surface area contributed by atoms with E-state index >= 15 is 0 Å². The molecule has 0 aromatic heterocycles. The minimum absolute atomic E-state index is 0.0156. The number of hydrogen-bond donors (Lipinski definition) is 2. The maximum atomic E-state index is 13.4. The lowest BCUT2D eigenvalue weighted by molar-refractivity contribution is 0.189. The van der Waals surface area contributed by atoms with Crippen LogP contribution in [0.4, 0.5) is 14.5 Å². The van der Waals surface area contributed by atoms with Crippen molar-refractivity contribution in [2.75, 3.05) is 31.6 Å². The molecule has 1 heterocycles. The number of likely N-dealkylation sites (tertiary alicyclic amines) is 1. The zero-order chi connectivity index (χ0) is 18.4. The number of hydrogen-bond acceptors (Lipinski definition) is 4. The lowest BCUT2D eigenvalue weighted by Crippen LogP contribution is -2.41. The third kappa shape index (κ3) is 4.93. The first-order valence-electron chi connectivity index (χ1n) is 8.91. The predicted molar refractivity (Wildman–Crippen MR) is 97.3 cm³/mol. The van der Waals surface area contributed by atoms with Gasteiger partial charge < -0.3 is 15.2 Å². The fraction of sp³-hybridized carbons (Fsp3) is 0.400. The van der Waals surface area contributed by atoms with Gasteiger partial charge in [0.05, 0.1) is 6.61 Å². The van der Waals surface area contributed by atoms with E-state index in [0.29, 0.717) is 5.69 Å². The minimum atomic E-state index is -0.836. The second-order valence-corrected chi connectivity index (χ2v) is 6.53. The van der Waals surface area contributed by atoms with E-state index in [1.54, 1.807) is 6.07 Å². The molecule has 3 rings (SSSR count). The normalized spacial score (nSPS) is 17.9. The fourth-order valence-electron chi connectivity index (χ4n) is 3.31. The van der Waals surface area contributed by atoms with Crippen molar-refractivity contribution in [3.63, 3.8) is 0 Å². The highest BCUT2D eigenvalue weighted by Gasteiger charge is 2.21. The average molecular weight is 362 g/mol. The number of halogens is 2. The van der Waals surface area contributed by atoms with Crippen LogP contribution in [-0.4, -0.2) is 42.4 Å². The van der Waals surface area contributed by atoms with Gasteiger partial charge in [0.25, 0.3) is 0 Å². The van der Waals surface area contributed by atoms with Gasteiger partial charge in [-0.05, 0) is 37.6 Å². The summed E-state index contributed by atoms with van der Waals surface area (Å²) in [6, 6.07) is 11.9. The largest absolute Gasteiger partial charge is 0.491 e. The monoisotopic (exact) mass is 362 g/mol. The minimum Gasteiger partial charge on any atom is -0.491 e. The van der Waals surface area contributed by atoms with Crippen LogP contribution < -0.4 is 10.1 Å². The predicted octanol–water partition coefficient (Wildman–Crippen LogP) is 3.41. The number of piperidine rings is 1. The van der Waals surface area contributed by atoms with Crippen LogP contribution in [0.15, 0.2) is 42.5 Å². The molecule has 1 aliphatic heterocycles. The average Bonchev–Trinajstić information content (AvgIpc) is 2.64. The van der Waals surface area contributed by atoms with Crippen LogP contribution in [-0.2, 0) is 6.54 Å². The summed E-state index contributed by atoms with van der Waals surface area (Å²) in [5.74, 6) is -0.879. The highest BCUT2D eigenvalue weighted by molar-refractivity contribution is 5.44. The molecule has 0 aliphatic carbocycles. The first-order valence-corrected chi connectivity index (χ1v) is 8.91. The number of anilines is 1. The van der Waals surface area contributed by atoms with Crippen molar-refractivity contribution >= 4 is 5.69 Å². The van der Waals surface area contributed by atoms with Crippen molar-refractivity contribution in [1.82, 2.24) is 4.90 Å². The Bertz CT molecular complexity index is 727. The summed E-state index contributed by atoms with van der Waals surface area (Å²) in [5.41, 5.74) is 1.68. The molecule has 2 aromatic rings. The molecule has 0 amide bonds. The molecule has 26 heavy (non-hydrogen) atoms. The second-order valence-electron chi connectivity index (χ2n) is 6.53. The highest BCUT2D eigenvalue weighted by atomic mass is 19.2. The van der Waals surface area contributed by atoms with Gasteiger partial charge in [0.2, 0.25) is 0 Å². The standard InChI is InChI=1S/C20H24F2N2O2/c21-18-8-7-16(12-19(18)22)23-17-5-3-9-24(14-17)13-15-4-1-2-6-20(15)26-11-10-25/h1-2,4,6-8,12,17,23,25H,3,5,9-11,13-14H2. The Balaban J connectivity index is 1.61. The number of nitrogens with one attached hydrogen (secondary N) is 1. The summed E-state index contributed by atoms with van der Waals surface area (Å²) in [4.78, 5) is 2.32. The first kappa shape index (κ1) is 18.6. The van der Waals surface area contributed by atoms with Crippen LogP contribution in [0.5, 0.6) is 5.75 Å². The molecule has 2 aromatic carbocycles. The quantitative estimate of drug-likeness (QED) is 0.792. The van der Waals surface area contributed by atoms with Crippen molar-refractivity contribution in [1.29, 1.82) is 0 Å². The van der Waals surface area contributed by atoms with Crippen molar-refractivity contribution < 1.29 is 18.6 Å². The number of aliphatic hydroxyl groups excluding tert-OH is 1. The molecule has 1 fully saturated rings. The summed E-state index contributed by atoms with van der Waals surface area (Å²) in [5, 5.41) is 12.3. The van der Waals surface area contributed by atoms with E-state index in [9.17, 15) is 8.78 Å². The van der Waals surface area contributed by atoms with Crippen LogP contribution in [0.2, 0.25) is 0 Å². The lowest BCUT2D eigenvalue weighted by Gasteiger charge is -2.34. The summed E-state index contributed by atoms with van der Waals surface area (Å²) >= 11 is 0. The molecule has 0 bridgehead atoms. The number of benzene rings is 2. The van der Waals surface area contributed by atoms with Gasteiger partial charge in [0.1, 0.15) is 12.4 Å². The van der Waals surface area contributed by atoms with Gasteiger partial charge in [-0.2, -0.15) is 0 Å². The molecule has 140 valence electrons. The molecule has 4 nitrogen and oxygen atoms in total. The first-order chi connectivity index (χ1) is 12.7. The summed E-state index contributed by atoms with van der Waals surface area (Å²) < 4.78 is 32.1. The van der Waals surface area contributed by atoms with Gasteiger partial charge in [0, 0.05) is 36.4 Å². The van der Waals surface area contributed by atoms with E-state index in [0.717, 1.165) is 49.9 Å². The highest BCUT2D eigenvalue weighted by Crippen LogP contribution is 2.23. The van der Waals surface area contributed by atoms with Gasteiger partial charge in [-0.25, -0.2) is 8.78 Å². The SMILES string of the molecule is OCCOc1ccccc1CN1CCCC(Nc2ccc(F)c(F)c2)C1. The molecular weight excluding hydrogens is 338 g/mol. The molecule has 6 heteroatoms. The Morgan fingerprint density at radius 1 is 1.15 bits per heavy atom. The second kappa shape index (κ2) is 8.96. The maximum Gasteiger partial charge on any atom is 0.160 e. The Morgan fingerprint density at radius 3 is 2.81 bits per heavy atom. The number of nitrogens with zero attached hydrogens (tertiary/aromatic N) is 1. The van der Waals surface area contributed by atoms with Crippen LogP contribution in [0.25, 0.3) is 0 Å².